The van der Waals surface area contributed by atoms with E-state index >= 15 is 0 Å². The van der Waals surface area contributed by atoms with Crippen LogP contribution >= 0.6 is 0 Å². The Morgan fingerprint density at radius 3 is 2.64 bits per heavy atom. The molecule has 2 aliphatic carbocycles. The van der Waals surface area contributed by atoms with Gasteiger partial charge in [0.15, 0.2) is 0 Å². The lowest BCUT2D eigenvalue weighted by molar-refractivity contribution is -0.137. The molecule has 8 heteroatoms. The number of carbonyl (C=O) groups excluding carboxylic acids is 2. The Labute approximate surface area is 211 Å². The van der Waals surface area contributed by atoms with E-state index in [4.69, 9.17) is 14.6 Å². The van der Waals surface area contributed by atoms with Crippen LogP contribution in [-0.4, -0.2) is 47.8 Å². The average Bonchev–Trinajstić information content (AvgIpc) is 2.85. The summed E-state index contributed by atoms with van der Waals surface area (Å²) in [6, 6.07) is 15.1. The number of likely N-dealkylation sites (N-methyl/N-ethyl adjacent to an activating group) is 1. The zero-order chi connectivity index (χ0) is 25.7. The van der Waals surface area contributed by atoms with Gasteiger partial charge in [0.1, 0.15) is 18.9 Å². The van der Waals surface area contributed by atoms with E-state index in [0.717, 1.165) is 54.6 Å². The van der Waals surface area contributed by atoms with Gasteiger partial charge in [-0.1, -0.05) is 62.6 Å². The lowest BCUT2D eigenvalue weighted by Gasteiger charge is -2.49. The van der Waals surface area contributed by atoms with Crippen molar-refractivity contribution in [2.75, 3.05) is 13.6 Å². The molecule has 2 N–H and O–H groups in total. The summed E-state index contributed by atoms with van der Waals surface area (Å²) in [6.45, 7) is 1.94. The highest BCUT2D eigenvalue weighted by atomic mass is 16.6. The van der Waals surface area contributed by atoms with Crippen molar-refractivity contribution in [2.24, 2.45) is 5.92 Å². The Kier molecular flexibility index (Phi) is 7.82. The summed E-state index contributed by atoms with van der Waals surface area (Å²) in [5, 5.41) is 12.1. The van der Waals surface area contributed by atoms with Crippen molar-refractivity contribution < 1.29 is 29.0 Å². The molecule has 2 aromatic rings. The minimum Gasteiger partial charge on any atom is -0.480 e. The van der Waals surface area contributed by atoms with Crippen LogP contribution in [0.5, 0.6) is 5.75 Å². The maximum Gasteiger partial charge on any atom is 0.415 e. The van der Waals surface area contributed by atoms with E-state index in [0.29, 0.717) is 5.75 Å². The first-order valence-corrected chi connectivity index (χ1v) is 12.5. The quantitative estimate of drug-likeness (QED) is 0.592. The maximum absolute atomic E-state index is 12.9. The zero-order valence-corrected chi connectivity index (χ0v) is 20.9. The first-order valence-electron chi connectivity index (χ1n) is 12.5. The highest BCUT2D eigenvalue weighted by molar-refractivity contribution is 5.77. The number of rotatable bonds is 6. The van der Waals surface area contributed by atoms with Crippen LogP contribution in [0.15, 0.2) is 48.5 Å². The van der Waals surface area contributed by atoms with Crippen molar-refractivity contribution >= 4 is 18.2 Å². The molecule has 0 aliphatic heterocycles. The smallest absolute Gasteiger partial charge is 0.415 e. The number of nitrogens with zero attached hydrogens (tertiary/aromatic N) is 1. The molecular weight excluding hydrogens is 460 g/mol. The molecule has 192 valence electrons. The van der Waals surface area contributed by atoms with E-state index in [1.54, 1.807) is 6.07 Å². The summed E-state index contributed by atoms with van der Waals surface area (Å²) in [4.78, 5) is 37.2. The Morgan fingerprint density at radius 2 is 1.89 bits per heavy atom. The first kappa shape index (κ1) is 25.5. The van der Waals surface area contributed by atoms with Crippen LogP contribution in [0.2, 0.25) is 0 Å². The number of alkyl carbamates (subject to hydrolysis) is 1. The second kappa shape index (κ2) is 11.0. The standard InChI is InChI=1S/C28H34N2O6/c1-28-14-8-4-7-11-21(25(28)29-26(33)35-18-19-9-5-3-6-10-19)15-20-12-13-22(16-23(20)28)36-27(34)30(2)17-24(31)32/h3,5-6,9-10,12-13,16,21,25H,4,7-8,11,14-15,17-18H2,1-2H3,(H,29,33)(H,31,32)/t21-,25-,28+/m0/s1. The van der Waals surface area contributed by atoms with Gasteiger partial charge in [-0.3, -0.25) is 9.69 Å². The number of fused-ring (bicyclic) bond motifs is 4. The van der Waals surface area contributed by atoms with Gasteiger partial charge in [0.2, 0.25) is 0 Å². The van der Waals surface area contributed by atoms with Crippen LogP contribution < -0.4 is 10.1 Å². The molecule has 0 saturated heterocycles. The fraction of sp³-hybridized carbons (Fsp3) is 0.464. The van der Waals surface area contributed by atoms with Crippen LogP contribution in [0.4, 0.5) is 9.59 Å². The molecular formula is C28H34N2O6. The number of carbonyl (C=O) groups is 3. The Balaban J connectivity index is 1.55. The van der Waals surface area contributed by atoms with E-state index in [9.17, 15) is 14.4 Å². The topological polar surface area (TPSA) is 105 Å². The van der Waals surface area contributed by atoms with Gasteiger partial charge in [-0.2, -0.15) is 0 Å². The molecule has 2 amide bonds. The van der Waals surface area contributed by atoms with Gasteiger partial charge in [-0.25, -0.2) is 9.59 Å². The lowest BCUT2D eigenvalue weighted by Crippen LogP contribution is -2.57. The van der Waals surface area contributed by atoms with Gasteiger partial charge in [0, 0.05) is 18.5 Å². The molecule has 2 aromatic carbocycles. The van der Waals surface area contributed by atoms with E-state index in [1.807, 2.05) is 42.5 Å². The summed E-state index contributed by atoms with van der Waals surface area (Å²) < 4.78 is 11.1. The predicted molar refractivity (Wildman–Crippen MR) is 134 cm³/mol. The summed E-state index contributed by atoms with van der Waals surface area (Å²) in [5.74, 6) is -0.466. The van der Waals surface area contributed by atoms with Crippen LogP contribution in [0, 0.1) is 5.92 Å². The van der Waals surface area contributed by atoms with Gasteiger partial charge in [-0.05, 0) is 54.0 Å². The number of aliphatic carboxylic acids is 1. The Morgan fingerprint density at radius 1 is 1.11 bits per heavy atom. The number of amides is 2. The van der Waals surface area contributed by atoms with Gasteiger partial charge in [0.25, 0.3) is 0 Å². The third kappa shape index (κ3) is 5.80. The molecule has 8 nitrogen and oxygen atoms in total. The van der Waals surface area contributed by atoms with Crippen LogP contribution in [-0.2, 0) is 28.0 Å². The van der Waals surface area contributed by atoms with Crippen molar-refractivity contribution in [1.82, 2.24) is 10.2 Å². The van der Waals surface area contributed by atoms with E-state index in [2.05, 4.69) is 12.2 Å². The third-order valence-corrected chi connectivity index (χ3v) is 7.48. The molecule has 0 heterocycles. The third-order valence-electron chi connectivity index (χ3n) is 7.48. The molecule has 1 saturated carbocycles. The van der Waals surface area contributed by atoms with Gasteiger partial charge < -0.3 is 19.9 Å². The van der Waals surface area contributed by atoms with Crippen molar-refractivity contribution in [3.05, 3.63) is 65.2 Å². The van der Waals surface area contributed by atoms with Crippen LogP contribution in [0.1, 0.15) is 55.7 Å². The number of carboxylic acids is 1. The molecule has 2 aliphatic rings. The Hall–Kier alpha value is -3.55. The molecule has 0 spiro atoms. The normalized spacial score (nSPS) is 22.8. The van der Waals surface area contributed by atoms with Crippen LogP contribution in [0.3, 0.4) is 0 Å². The van der Waals surface area contributed by atoms with Crippen molar-refractivity contribution in [3.63, 3.8) is 0 Å². The zero-order valence-electron chi connectivity index (χ0n) is 20.9. The number of hydrogen-bond acceptors (Lipinski definition) is 5. The second-order valence-corrected chi connectivity index (χ2v) is 10.1. The molecule has 0 unspecified atom stereocenters. The second-order valence-electron chi connectivity index (χ2n) is 10.1. The fourth-order valence-electron chi connectivity index (χ4n) is 5.67. The van der Waals surface area contributed by atoms with E-state index in [-0.39, 0.29) is 24.0 Å². The summed E-state index contributed by atoms with van der Waals surface area (Å²) in [7, 11) is 1.39. The lowest BCUT2D eigenvalue weighted by atomic mass is 9.59. The highest BCUT2D eigenvalue weighted by Gasteiger charge is 2.47. The maximum atomic E-state index is 12.9. The SMILES string of the molecule is CN(CC(=O)O)C(=O)Oc1ccc2c(c1)[C@@]1(C)CCCCC[C@@H](C2)[C@@H]1NC(=O)OCc1ccccc1. The molecule has 4 rings (SSSR count). The largest absolute Gasteiger partial charge is 0.480 e. The number of benzene rings is 2. The average molecular weight is 495 g/mol. The highest BCUT2D eigenvalue weighted by Crippen LogP contribution is 2.47. The summed E-state index contributed by atoms with van der Waals surface area (Å²) in [5.41, 5.74) is 2.82. The monoisotopic (exact) mass is 494 g/mol. The van der Waals surface area contributed by atoms with Gasteiger partial charge in [0.05, 0.1) is 0 Å². The Bertz CT molecular complexity index is 1100. The molecule has 0 aromatic heterocycles. The first-order chi connectivity index (χ1) is 17.3. The molecule has 0 radical (unpaired) electrons. The molecule has 36 heavy (non-hydrogen) atoms. The van der Waals surface area contributed by atoms with Gasteiger partial charge in [-0.15, -0.1) is 0 Å². The van der Waals surface area contributed by atoms with E-state index < -0.39 is 24.7 Å². The van der Waals surface area contributed by atoms with Crippen molar-refractivity contribution in [1.29, 1.82) is 0 Å². The molecule has 1 fully saturated rings. The minimum absolute atomic E-state index is 0.116. The number of hydrogen-bond donors (Lipinski definition) is 2. The minimum atomic E-state index is -1.11. The number of nitrogens with one attached hydrogen (secondary N) is 1. The number of ether oxygens (including phenoxy) is 2. The van der Waals surface area contributed by atoms with Crippen molar-refractivity contribution in [2.45, 2.75) is 63.5 Å². The predicted octanol–water partition coefficient (Wildman–Crippen LogP) is 4.89. The number of carboxylic acid groups (broad SMARTS) is 1. The van der Waals surface area contributed by atoms with E-state index in [1.165, 1.54) is 12.6 Å². The summed E-state index contributed by atoms with van der Waals surface area (Å²) >= 11 is 0. The molecule has 3 atom stereocenters. The summed E-state index contributed by atoms with van der Waals surface area (Å²) in [6.07, 6.45) is 4.87. The van der Waals surface area contributed by atoms with Crippen molar-refractivity contribution in [3.8, 4) is 5.75 Å². The van der Waals surface area contributed by atoms with Crippen LogP contribution in [0.25, 0.3) is 0 Å². The molecule has 2 bridgehead atoms. The van der Waals surface area contributed by atoms with Gasteiger partial charge >= 0.3 is 18.2 Å². The fourth-order valence-corrected chi connectivity index (χ4v) is 5.67.